The third kappa shape index (κ3) is 8.10. The van der Waals surface area contributed by atoms with Crippen molar-refractivity contribution in [2.24, 2.45) is 4.99 Å². The van der Waals surface area contributed by atoms with Crippen molar-refractivity contribution >= 4 is 40.7 Å². The molecule has 23 heavy (non-hydrogen) atoms. The van der Waals surface area contributed by atoms with Crippen LogP contribution < -0.4 is 5.32 Å². The van der Waals surface area contributed by atoms with Crippen LogP contribution in [0.3, 0.4) is 0 Å². The summed E-state index contributed by atoms with van der Waals surface area (Å²) in [6.45, 7) is 7.04. The third-order valence-electron chi connectivity index (χ3n) is 3.14. The molecule has 1 rings (SSSR count). The van der Waals surface area contributed by atoms with Crippen molar-refractivity contribution in [2.45, 2.75) is 32.1 Å². The summed E-state index contributed by atoms with van der Waals surface area (Å²) >= 11 is 0. The molecular formula is C16H27FIN3OS. The number of nitrogens with one attached hydrogen (secondary N) is 1. The van der Waals surface area contributed by atoms with Crippen LogP contribution in [0.25, 0.3) is 0 Å². The van der Waals surface area contributed by atoms with E-state index in [1.54, 1.807) is 13.1 Å². The van der Waals surface area contributed by atoms with Crippen LogP contribution in [0.4, 0.5) is 4.39 Å². The van der Waals surface area contributed by atoms with Gasteiger partial charge in [-0.1, -0.05) is 12.1 Å². The lowest BCUT2D eigenvalue weighted by molar-refractivity contribution is 0.477. The van der Waals surface area contributed by atoms with Crippen molar-refractivity contribution in [3.63, 3.8) is 0 Å². The number of halogens is 2. The summed E-state index contributed by atoms with van der Waals surface area (Å²) in [5.41, 5.74) is 0.878. The van der Waals surface area contributed by atoms with Crippen molar-refractivity contribution in [3.05, 3.63) is 35.6 Å². The van der Waals surface area contributed by atoms with Gasteiger partial charge in [-0.3, -0.25) is 9.20 Å². The summed E-state index contributed by atoms with van der Waals surface area (Å²) in [6, 6.07) is 6.51. The Kier molecular flexibility index (Phi) is 9.91. The summed E-state index contributed by atoms with van der Waals surface area (Å²) in [4.78, 5) is 6.12. The van der Waals surface area contributed by atoms with E-state index in [9.17, 15) is 8.60 Å². The first-order valence-corrected chi connectivity index (χ1v) is 8.60. The maximum Gasteiger partial charge on any atom is 0.193 e. The summed E-state index contributed by atoms with van der Waals surface area (Å²) < 4.78 is 25.0. The molecule has 132 valence electrons. The average molecular weight is 455 g/mol. The number of aliphatic imine (C=N–C) groups is 1. The highest BCUT2D eigenvalue weighted by molar-refractivity contribution is 14.0. The Morgan fingerprint density at radius 1 is 1.39 bits per heavy atom. The van der Waals surface area contributed by atoms with Gasteiger partial charge in [-0.25, -0.2) is 4.39 Å². The first kappa shape index (κ1) is 22.3. The molecule has 0 fully saturated rings. The molecule has 0 spiro atoms. The number of nitrogens with zero attached hydrogens (tertiary/aromatic N) is 2. The molecule has 0 radical (unpaired) electrons. The lowest BCUT2D eigenvalue weighted by atomic mass is 10.2. The minimum atomic E-state index is -0.896. The number of guanidine groups is 1. The topological polar surface area (TPSA) is 44.7 Å². The smallest absolute Gasteiger partial charge is 0.193 e. The van der Waals surface area contributed by atoms with Crippen LogP contribution in [0, 0.1) is 5.82 Å². The van der Waals surface area contributed by atoms with Gasteiger partial charge < -0.3 is 10.2 Å². The molecule has 1 atom stereocenters. The number of benzene rings is 1. The van der Waals surface area contributed by atoms with Crippen LogP contribution in [0.1, 0.15) is 26.3 Å². The predicted molar refractivity (Wildman–Crippen MR) is 107 cm³/mol. The molecule has 0 aliphatic carbocycles. The summed E-state index contributed by atoms with van der Waals surface area (Å²) in [6.07, 6.45) is 0. The van der Waals surface area contributed by atoms with Crippen molar-refractivity contribution in [2.75, 3.05) is 26.4 Å². The molecule has 0 bridgehead atoms. The highest BCUT2D eigenvalue weighted by Gasteiger charge is 2.19. The minimum Gasteiger partial charge on any atom is -0.355 e. The van der Waals surface area contributed by atoms with Gasteiger partial charge in [0.25, 0.3) is 0 Å². The molecule has 1 unspecified atom stereocenters. The fourth-order valence-corrected chi connectivity index (χ4v) is 2.83. The number of rotatable bonds is 5. The molecule has 7 heteroatoms. The van der Waals surface area contributed by atoms with E-state index in [4.69, 9.17) is 0 Å². The van der Waals surface area contributed by atoms with Gasteiger partial charge in [-0.15, -0.1) is 24.0 Å². The van der Waals surface area contributed by atoms with Gasteiger partial charge in [-0.05, 0) is 38.5 Å². The zero-order valence-electron chi connectivity index (χ0n) is 14.4. The molecule has 1 aromatic carbocycles. The van der Waals surface area contributed by atoms with Gasteiger partial charge in [-0.2, -0.15) is 0 Å². The van der Waals surface area contributed by atoms with Crippen LogP contribution in [-0.2, 0) is 17.3 Å². The maximum absolute atomic E-state index is 13.2. The van der Waals surface area contributed by atoms with Crippen LogP contribution in [0.15, 0.2) is 29.3 Å². The molecule has 0 aliphatic heterocycles. The van der Waals surface area contributed by atoms with Crippen LogP contribution in [0.5, 0.6) is 0 Å². The Balaban J connectivity index is 0.00000484. The second-order valence-electron chi connectivity index (χ2n) is 6.12. The van der Waals surface area contributed by atoms with Gasteiger partial charge in [0.1, 0.15) is 5.82 Å². The predicted octanol–water partition coefficient (Wildman–Crippen LogP) is 3.00. The SMILES string of the molecule is CN=C(NCCS(=O)C(C)(C)C)N(C)Cc1cccc(F)c1.I. The molecule has 4 nitrogen and oxygen atoms in total. The lowest BCUT2D eigenvalue weighted by Gasteiger charge is -2.23. The Morgan fingerprint density at radius 2 is 2.04 bits per heavy atom. The zero-order valence-corrected chi connectivity index (χ0v) is 17.6. The van der Waals surface area contributed by atoms with Gasteiger partial charge in [0.2, 0.25) is 0 Å². The Hall–Kier alpha value is -0.700. The minimum absolute atomic E-state index is 0. The average Bonchev–Trinajstić information content (AvgIpc) is 2.42. The van der Waals surface area contributed by atoms with E-state index in [1.165, 1.54) is 12.1 Å². The van der Waals surface area contributed by atoms with E-state index in [-0.39, 0.29) is 34.5 Å². The molecule has 0 amide bonds. The molecule has 0 saturated carbocycles. The Labute approximate surface area is 158 Å². The largest absolute Gasteiger partial charge is 0.355 e. The van der Waals surface area contributed by atoms with Crippen molar-refractivity contribution in [1.29, 1.82) is 0 Å². The van der Waals surface area contributed by atoms with Gasteiger partial charge in [0, 0.05) is 48.5 Å². The van der Waals surface area contributed by atoms with Crippen LogP contribution in [0.2, 0.25) is 0 Å². The highest BCUT2D eigenvalue weighted by atomic mass is 127. The van der Waals surface area contributed by atoms with Crippen LogP contribution >= 0.6 is 24.0 Å². The zero-order chi connectivity index (χ0) is 16.8. The van der Waals surface area contributed by atoms with E-state index in [1.807, 2.05) is 38.8 Å². The number of hydrogen-bond acceptors (Lipinski definition) is 2. The van der Waals surface area contributed by atoms with Gasteiger partial charge >= 0.3 is 0 Å². The molecule has 0 heterocycles. The lowest BCUT2D eigenvalue weighted by Crippen LogP contribution is -2.41. The van der Waals surface area contributed by atoms with E-state index in [0.717, 1.165) is 5.56 Å². The normalized spacial score (nSPS) is 13.2. The van der Waals surface area contributed by atoms with Crippen molar-refractivity contribution in [1.82, 2.24) is 10.2 Å². The monoisotopic (exact) mass is 455 g/mol. The summed E-state index contributed by atoms with van der Waals surface area (Å²) in [5, 5.41) is 3.20. The van der Waals surface area contributed by atoms with Crippen molar-refractivity contribution < 1.29 is 8.60 Å². The summed E-state index contributed by atoms with van der Waals surface area (Å²) in [5.74, 6) is 1.03. The fraction of sp³-hybridized carbons (Fsp3) is 0.562. The van der Waals surface area contributed by atoms with Gasteiger partial charge in [0.15, 0.2) is 5.96 Å². The first-order valence-electron chi connectivity index (χ1n) is 7.28. The second kappa shape index (κ2) is 10.2. The van der Waals surface area contributed by atoms with Crippen molar-refractivity contribution in [3.8, 4) is 0 Å². The quantitative estimate of drug-likeness (QED) is 0.422. The standard InChI is InChI=1S/C16H26FN3OS.HI/c1-16(2,3)22(21)10-9-19-15(18-4)20(5)12-13-7-6-8-14(17)11-13;/h6-8,11H,9-10,12H2,1-5H3,(H,18,19);1H. The van der Waals surface area contributed by atoms with Gasteiger partial charge in [0.05, 0.1) is 0 Å². The second-order valence-corrected chi connectivity index (χ2v) is 8.45. The molecule has 1 N–H and O–H groups in total. The molecular weight excluding hydrogens is 428 g/mol. The fourth-order valence-electron chi connectivity index (χ4n) is 1.93. The Morgan fingerprint density at radius 3 is 2.57 bits per heavy atom. The molecule has 0 aromatic heterocycles. The van der Waals surface area contributed by atoms with E-state index < -0.39 is 10.8 Å². The summed E-state index contributed by atoms with van der Waals surface area (Å²) in [7, 11) is 2.69. The maximum atomic E-state index is 13.2. The molecule has 1 aromatic rings. The highest BCUT2D eigenvalue weighted by Crippen LogP contribution is 2.10. The van der Waals surface area contributed by atoms with E-state index in [0.29, 0.717) is 24.8 Å². The molecule has 0 aliphatic rings. The van der Waals surface area contributed by atoms with Crippen LogP contribution in [-0.4, -0.2) is 46.2 Å². The first-order chi connectivity index (χ1) is 10.2. The third-order valence-corrected chi connectivity index (χ3v) is 5.08. The Bertz CT molecular complexity index is 546. The van der Waals surface area contributed by atoms with E-state index >= 15 is 0 Å². The number of hydrogen-bond donors (Lipinski definition) is 1. The molecule has 0 saturated heterocycles. The van der Waals surface area contributed by atoms with E-state index in [2.05, 4.69) is 10.3 Å².